The third-order valence-corrected chi connectivity index (χ3v) is 4.97. The van der Waals surface area contributed by atoms with Gasteiger partial charge in [-0.05, 0) is 55.3 Å². The van der Waals surface area contributed by atoms with Crippen molar-refractivity contribution >= 4 is 15.9 Å². The zero-order chi connectivity index (χ0) is 13.7. The molecule has 2 atom stereocenters. The average Bonchev–Trinajstić information content (AvgIpc) is 2.42. The molecule has 2 nitrogen and oxygen atoms in total. The number of aliphatic hydroxyl groups excluding tert-OH is 1. The second kappa shape index (κ2) is 7.41. The minimum Gasteiger partial charge on any atom is -0.396 e. The van der Waals surface area contributed by atoms with Crippen molar-refractivity contribution in [3.63, 3.8) is 0 Å². The largest absolute Gasteiger partial charge is 0.396 e. The van der Waals surface area contributed by atoms with Crippen molar-refractivity contribution in [2.75, 3.05) is 13.2 Å². The minimum absolute atomic E-state index is 0.348. The Morgan fingerprint density at radius 2 is 2.00 bits per heavy atom. The van der Waals surface area contributed by atoms with E-state index in [1.807, 2.05) is 0 Å². The average molecular weight is 326 g/mol. The van der Waals surface area contributed by atoms with Crippen molar-refractivity contribution in [1.82, 2.24) is 5.32 Å². The molecule has 0 spiro atoms. The molecular weight excluding hydrogens is 302 g/mol. The highest BCUT2D eigenvalue weighted by atomic mass is 79.9. The van der Waals surface area contributed by atoms with Gasteiger partial charge in [-0.1, -0.05) is 40.9 Å². The molecule has 3 heteroatoms. The van der Waals surface area contributed by atoms with Gasteiger partial charge in [0, 0.05) is 17.6 Å². The molecule has 106 valence electrons. The summed E-state index contributed by atoms with van der Waals surface area (Å²) in [4.78, 5) is 0. The monoisotopic (exact) mass is 325 g/mol. The maximum Gasteiger partial charge on any atom is 0.0462 e. The maximum absolute atomic E-state index is 9.42. The topological polar surface area (TPSA) is 32.3 Å². The lowest BCUT2D eigenvalue weighted by Gasteiger charge is -2.30. The van der Waals surface area contributed by atoms with Crippen molar-refractivity contribution < 1.29 is 5.11 Å². The van der Waals surface area contributed by atoms with Crippen molar-refractivity contribution in [1.29, 1.82) is 0 Å². The molecular formula is C16H24BrNO. The molecule has 1 fully saturated rings. The normalized spacial score (nSPS) is 23.5. The quantitative estimate of drug-likeness (QED) is 0.866. The van der Waals surface area contributed by atoms with E-state index < -0.39 is 0 Å². The van der Waals surface area contributed by atoms with E-state index in [-0.39, 0.29) is 0 Å². The van der Waals surface area contributed by atoms with Crippen molar-refractivity contribution in [3.05, 3.63) is 33.8 Å². The van der Waals surface area contributed by atoms with E-state index in [9.17, 15) is 5.11 Å². The van der Waals surface area contributed by atoms with Gasteiger partial charge in [0.1, 0.15) is 0 Å². The minimum atomic E-state index is 0.348. The summed E-state index contributed by atoms with van der Waals surface area (Å²) in [5.74, 6) is 1.14. The summed E-state index contributed by atoms with van der Waals surface area (Å²) >= 11 is 3.62. The number of hydrogen-bond acceptors (Lipinski definition) is 2. The Kier molecular flexibility index (Phi) is 5.86. The molecule has 2 N–H and O–H groups in total. The molecule has 1 aromatic carbocycles. The third kappa shape index (κ3) is 4.30. The lowest BCUT2D eigenvalue weighted by Crippen LogP contribution is -2.32. The van der Waals surface area contributed by atoms with Crippen molar-refractivity contribution in [2.45, 2.75) is 39.2 Å². The zero-order valence-electron chi connectivity index (χ0n) is 11.7. The Morgan fingerprint density at radius 1 is 1.26 bits per heavy atom. The lowest BCUT2D eigenvalue weighted by atomic mass is 9.79. The van der Waals surface area contributed by atoms with Crippen LogP contribution in [0.1, 0.15) is 36.8 Å². The van der Waals surface area contributed by atoms with Gasteiger partial charge in [0.05, 0.1) is 0 Å². The van der Waals surface area contributed by atoms with Crippen LogP contribution in [0.5, 0.6) is 0 Å². The van der Waals surface area contributed by atoms with E-state index in [0.717, 1.165) is 13.1 Å². The summed E-state index contributed by atoms with van der Waals surface area (Å²) in [7, 11) is 0. The number of aliphatic hydroxyl groups is 1. The predicted octanol–water partition coefficient (Wildman–Crippen LogP) is 3.65. The fourth-order valence-corrected chi connectivity index (χ4v) is 3.61. The summed E-state index contributed by atoms with van der Waals surface area (Å²) < 4.78 is 1.18. The molecule has 2 unspecified atom stereocenters. The molecule has 1 saturated carbocycles. The van der Waals surface area contributed by atoms with Crippen LogP contribution in [0.15, 0.2) is 22.7 Å². The molecule has 2 rings (SSSR count). The van der Waals surface area contributed by atoms with Gasteiger partial charge in [0.25, 0.3) is 0 Å². The van der Waals surface area contributed by atoms with E-state index >= 15 is 0 Å². The van der Waals surface area contributed by atoms with Gasteiger partial charge in [0.15, 0.2) is 0 Å². The van der Waals surface area contributed by atoms with E-state index in [2.05, 4.69) is 46.4 Å². The summed E-state index contributed by atoms with van der Waals surface area (Å²) in [6, 6.07) is 6.49. The van der Waals surface area contributed by atoms with Crippen LogP contribution in [0.4, 0.5) is 0 Å². The zero-order valence-corrected chi connectivity index (χ0v) is 13.2. The first-order chi connectivity index (χ1) is 9.20. The fraction of sp³-hybridized carbons (Fsp3) is 0.625. The van der Waals surface area contributed by atoms with Crippen LogP contribution < -0.4 is 5.32 Å². The number of aryl methyl sites for hydroxylation is 1. The van der Waals surface area contributed by atoms with Crippen LogP contribution in [-0.4, -0.2) is 18.3 Å². The van der Waals surface area contributed by atoms with Crippen LogP contribution in [0.2, 0.25) is 0 Å². The Bertz CT molecular complexity index is 408. The first-order valence-corrected chi connectivity index (χ1v) is 8.06. The summed E-state index contributed by atoms with van der Waals surface area (Å²) in [6.45, 7) is 4.37. The molecule has 0 aromatic heterocycles. The number of rotatable bonds is 5. The predicted molar refractivity (Wildman–Crippen MR) is 83.1 cm³/mol. The molecule has 1 aliphatic carbocycles. The lowest BCUT2D eigenvalue weighted by molar-refractivity contribution is 0.133. The highest BCUT2D eigenvalue weighted by Crippen LogP contribution is 2.29. The molecule has 0 radical (unpaired) electrons. The smallest absolute Gasteiger partial charge is 0.0462 e. The van der Waals surface area contributed by atoms with Gasteiger partial charge in [-0.3, -0.25) is 0 Å². The number of halogens is 1. The fourth-order valence-electron chi connectivity index (χ4n) is 2.98. The SMILES string of the molecule is Cc1ccc(CNCC2CCCCC2CO)c(Br)c1. The van der Waals surface area contributed by atoms with Gasteiger partial charge in [-0.15, -0.1) is 0 Å². The summed E-state index contributed by atoms with van der Waals surface area (Å²) in [5.41, 5.74) is 2.59. The molecule has 0 aliphatic heterocycles. The van der Waals surface area contributed by atoms with E-state index in [0.29, 0.717) is 18.4 Å². The number of benzene rings is 1. The first kappa shape index (κ1) is 15.0. The van der Waals surface area contributed by atoms with Gasteiger partial charge >= 0.3 is 0 Å². The van der Waals surface area contributed by atoms with Crippen molar-refractivity contribution in [3.8, 4) is 0 Å². The summed E-state index contributed by atoms with van der Waals surface area (Å²) in [5, 5.41) is 13.0. The standard InChI is InChI=1S/C16H24BrNO/c1-12-6-7-14(16(17)8-12)10-18-9-13-4-2-3-5-15(13)11-19/h6-8,13,15,18-19H,2-5,9-11H2,1H3. The molecule has 1 aromatic rings. The molecule has 0 bridgehead atoms. The van der Waals surface area contributed by atoms with E-state index in [1.54, 1.807) is 0 Å². The third-order valence-electron chi connectivity index (χ3n) is 4.23. The second-order valence-corrected chi connectivity index (χ2v) is 6.57. The highest BCUT2D eigenvalue weighted by molar-refractivity contribution is 9.10. The molecule has 0 amide bonds. The number of nitrogens with one attached hydrogen (secondary N) is 1. The molecule has 0 saturated heterocycles. The maximum atomic E-state index is 9.42. The van der Waals surface area contributed by atoms with Gasteiger partial charge in [0.2, 0.25) is 0 Å². The van der Waals surface area contributed by atoms with Crippen LogP contribution in [0, 0.1) is 18.8 Å². The Morgan fingerprint density at radius 3 is 2.68 bits per heavy atom. The Hall–Kier alpha value is -0.380. The molecule has 0 heterocycles. The van der Waals surface area contributed by atoms with Gasteiger partial charge in [-0.2, -0.15) is 0 Å². The summed E-state index contributed by atoms with van der Waals surface area (Å²) in [6.07, 6.45) is 5.05. The Balaban J connectivity index is 1.82. The van der Waals surface area contributed by atoms with Gasteiger partial charge in [-0.25, -0.2) is 0 Å². The van der Waals surface area contributed by atoms with Crippen LogP contribution in [0.25, 0.3) is 0 Å². The number of hydrogen-bond donors (Lipinski definition) is 2. The molecule has 19 heavy (non-hydrogen) atoms. The molecule has 1 aliphatic rings. The first-order valence-electron chi connectivity index (χ1n) is 7.27. The van der Waals surface area contributed by atoms with Crippen LogP contribution >= 0.6 is 15.9 Å². The van der Waals surface area contributed by atoms with Crippen LogP contribution in [-0.2, 0) is 6.54 Å². The second-order valence-electron chi connectivity index (χ2n) is 5.71. The van der Waals surface area contributed by atoms with E-state index in [1.165, 1.54) is 41.3 Å². The van der Waals surface area contributed by atoms with Gasteiger partial charge < -0.3 is 10.4 Å². The Labute approximate surface area is 124 Å². The highest BCUT2D eigenvalue weighted by Gasteiger charge is 2.23. The van der Waals surface area contributed by atoms with Crippen molar-refractivity contribution in [2.24, 2.45) is 11.8 Å². The van der Waals surface area contributed by atoms with Crippen LogP contribution in [0.3, 0.4) is 0 Å². The van der Waals surface area contributed by atoms with E-state index in [4.69, 9.17) is 0 Å².